The average Bonchev–Trinajstić information content (AvgIpc) is 0.697. The molecule has 0 spiro atoms. The summed E-state index contributed by atoms with van der Waals surface area (Å²) in [5, 5.41) is 21.3. The normalized spacial score (nSPS) is 16.8. The maximum atomic E-state index is 2.99. The fourth-order valence-corrected chi connectivity index (χ4v) is 22.9. The van der Waals surface area contributed by atoms with Gasteiger partial charge in [0.05, 0.1) is 0 Å². The third-order valence-electron chi connectivity index (χ3n) is 27.3. The molecule has 4 heteroatoms. The lowest BCUT2D eigenvalue weighted by Crippen LogP contribution is -2.63. The van der Waals surface area contributed by atoms with Gasteiger partial charge < -0.3 is 14.7 Å². The highest BCUT2D eigenvalue weighted by atomic mass is 15.2. The molecule has 113 heavy (non-hydrogen) atoms. The van der Waals surface area contributed by atoms with Crippen LogP contribution in [-0.4, -0.2) is 31.9 Å². The lowest BCUT2D eigenvalue weighted by molar-refractivity contribution is 0.0900. The summed E-state index contributed by atoms with van der Waals surface area (Å²) in [5.74, 6) is 1.64. The predicted molar refractivity (Wildman–Crippen MR) is 481 cm³/mol. The first-order valence-electron chi connectivity index (χ1n) is 41.4. The fraction of sp³-hybridized carbons (Fsp3) is 0.138. The molecule has 2 saturated heterocycles. The van der Waals surface area contributed by atoms with Crippen LogP contribution in [0.3, 0.4) is 0 Å². The van der Waals surface area contributed by atoms with Crippen LogP contribution >= 0.6 is 0 Å². The Balaban J connectivity index is 0.738. The highest BCUT2D eigenvalue weighted by Gasteiger charge is 2.49. The van der Waals surface area contributed by atoms with E-state index in [2.05, 4.69) is 354 Å². The smallest absolute Gasteiger partial charge is 0.252 e. The quantitative estimate of drug-likeness (QED) is 0.0575. The average molecular weight is 1440 g/mol. The van der Waals surface area contributed by atoms with E-state index in [4.69, 9.17) is 0 Å². The second kappa shape index (κ2) is 25.9. The summed E-state index contributed by atoms with van der Waals surface area (Å²) in [5.41, 5.74) is 29.2. The Bertz CT molecular complexity index is 6480. The van der Waals surface area contributed by atoms with Crippen LogP contribution in [0.1, 0.15) is 65.5 Å². The summed E-state index contributed by atoms with van der Waals surface area (Å²) < 4.78 is 0. The monoisotopic (exact) mass is 1440 g/mol. The van der Waals surface area contributed by atoms with Crippen molar-refractivity contribution in [1.82, 2.24) is 0 Å². The molecule has 6 aliphatic rings. The van der Waals surface area contributed by atoms with Crippen molar-refractivity contribution in [1.29, 1.82) is 0 Å². The first kappa shape index (κ1) is 65.0. The lowest BCUT2D eigenvalue weighted by atomic mass is 9.33. The molecule has 4 fully saturated rings. The Morgan fingerprint density at radius 2 is 0.602 bits per heavy atom. The van der Waals surface area contributed by atoms with Crippen LogP contribution in [0.15, 0.2) is 340 Å². The minimum atomic E-state index is -0.0863. The van der Waals surface area contributed by atoms with E-state index in [0.717, 1.165) is 50.6 Å². The van der Waals surface area contributed by atoms with E-state index in [0.29, 0.717) is 12.1 Å². The van der Waals surface area contributed by atoms with Crippen LogP contribution in [0, 0.1) is 11.8 Å². The Morgan fingerprint density at radius 3 is 0.973 bits per heavy atom. The molecular formula is C109H82BN3. The third kappa shape index (κ3) is 10.5. The first-order valence-corrected chi connectivity index (χ1v) is 41.4. The van der Waals surface area contributed by atoms with Gasteiger partial charge >= 0.3 is 0 Å². The number of fused-ring (bicyclic) bond motifs is 8. The zero-order valence-electron chi connectivity index (χ0n) is 63.3. The van der Waals surface area contributed by atoms with Crippen LogP contribution in [0.2, 0.25) is 0 Å². The predicted octanol–water partition coefficient (Wildman–Crippen LogP) is 25.3. The molecule has 3 nitrogen and oxygen atoms in total. The van der Waals surface area contributed by atoms with Gasteiger partial charge in [-0.2, -0.15) is 0 Å². The molecule has 2 saturated carbocycles. The van der Waals surface area contributed by atoms with Gasteiger partial charge in [-0.15, -0.1) is 0 Å². The second-order valence-corrected chi connectivity index (χ2v) is 33.5. The molecule has 0 N–H and O–H groups in total. The molecule has 0 amide bonds. The van der Waals surface area contributed by atoms with Crippen LogP contribution in [-0.2, 0) is 25.7 Å². The molecule has 2 aliphatic carbocycles. The summed E-state index contributed by atoms with van der Waals surface area (Å²) >= 11 is 0. The minimum absolute atomic E-state index is 0.0863. The summed E-state index contributed by atoms with van der Waals surface area (Å²) in [6.07, 6.45) is 9.80. The summed E-state index contributed by atoms with van der Waals surface area (Å²) in [6.45, 7) is 1.47. The van der Waals surface area contributed by atoms with Crippen molar-refractivity contribution in [2.45, 2.75) is 69.9 Å². The maximum Gasteiger partial charge on any atom is 0.252 e. The van der Waals surface area contributed by atoms with Crippen molar-refractivity contribution < 1.29 is 0 Å². The first-order chi connectivity index (χ1) is 56.0. The highest BCUT2D eigenvalue weighted by Crippen LogP contribution is 2.54. The molecule has 4 heterocycles. The van der Waals surface area contributed by atoms with E-state index >= 15 is 0 Å². The van der Waals surface area contributed by atoms with Gasteiger partial charge in [0, 0.05) is 53.6 Å². The number of nitrogens with zero attached hydrogens (tertiary/aromatic N) is 3. The summed E-state index contributed by atoms with van der Waals surface area (Å²) in [6, 6.07) is 132. The standard InChI is InChI=1S/C109H82BN3/c1-5-21-74(22-6-1)85-35-19-36-86(75-23-7-2-8-24-75)89(85)49-51-111-101-47-45-68(53-70-56-80-33-17-41-93-91-39-13-29-78-31-15-43-95(105(78)91)97(62-70)107(80)93)64-99(101)110-100-65-69(54-71-57-81-34-18-42-94-92-40-14-30-79-32-16-44-96(106(79)92)98(63-71)108(81)94)46-48-102(100)112(104-67-84(66-103(111)109(104)110)113-82-58-72-55-73(60-82)61-83(113)59-72)52-50-90-87(76-25-9-3-10-26-76)37-20-38-88(90)77-27-11-4-12-28-77/h1-48,56-57,62-67,72-73,82-83H,49-55,58-61H2. The summed E-state index contributed by atoms with van der Waals surface area (Å²) in [7, 11) is 0. The molecule has 19 aromatic carbocycles. The van der Waals surface area contributed by atoms with Crippen LogP contribution in [0.5, 0.6) is 0 Å². The topological polar surface area (TPSA) is 9.72 Å². The van der Waals surface area contributed by atoms with Crippen molar-refractivity contribution in [2.24, 2.45) is 11.8 Å². The Labute approximate surface area is 660 Å². The van der Waals surface area contributed by atoms with Crippen LogP contribution < -0.4 is 31.1 Å². The number of hydrogen-bond donors (Lipinski definition) is 0. The molecule has 25 rings (SSSR count). The van der Waals surface area contributed by atoms with E-state index in [-0.39, 0.29) is 6.71 Å². The minimum Gasteiger partial charge on any atom is -0.365 e. The van der Waals surface area contributed by atoms with E-state index in [1.807, 2.05) is 0 Å². The Kier molecular flexibility index (Phi) is 14.9. The van der Waals surface area contributed by atoms with Crippen molar-refractivity contribution in [3.05, 3.63) is 373 Å². The van der Waals surface area contributed by atoms with Crippen molar-refractivity contribution >= 4 is 138 Å². The highest BCUT2D eigenvalue weighted by molar-refractivity contribution is 7.00. The molecular weight excluding hydrogens is 1360 g/mol. The Morgan fingerprint density at radius 1 is 0.265 bits per heavy atom. The fourth-order valence-electron chi connectivity index (χ4n) is 22.9. The zero-order valence-corrected chi connectivity index (χ0v) is 63.3. The number of benzene rings is 19. The molecule has 0 radical (unpaired) electrons. The molecule has 4 aliphatic heterocycles. The molecule has 4 bridgehead atoms. The van der Waals surface area contributed by atoms with Gasteiger partial charge in [-0.05, 0) is 274 Å². The van der Waals surface area contributed by atoms with E-state index in [1.165, 1.54) is 241 Å². The van der Waals surface area contributed by atoms with Gasteiger partial charge in [0.15, 0.2) is 0 Å². The van der Waals surface area contributed by atoms with Crippen LogP contribution in [0.25, 0.3) is 131 Å². The molecule has 0 aromatic heterocycles. The van der Waals surface area contributed by atoms with E-state index in [9.17, 15) is 0 Å². The SMILES string of the molecule is c1ccc(-c2cccc(-c3ccccc3)c2CCN2c3ccc(Cc4cc5cccc6c7cccc8cccc(c(c4)c56)c87)cc3B3c4cc(Cc5cc6cccc7c8cccc9cccc(c(c5)c67)c98)ccc4N(CCc4c(-c5ccccc5)cccc4-c4ccccc4)c4cc(N5C6CC7CC(C6)CC5C7)cc2c43)cc1. The van der Waals surface area contributed by atoms with Gasteiger partial charge in [0.2, 0.25) is 0 Å². The van der Waals surface area contributed by atoms with Gasteiger partial charge in [0.1, 0.15) is 0 Å². The summed E-state index contributed by atoms with van der Waals surface area (Å²) in [4.78, 5) is 8.66. The van der Waals surface area contributed by atoms with Gasteiger partial charge in [-0.1, -0.05) is 315 Å². The third-order valence-corrected chi connectivity index (χ3v) is 27.3. The van der Waals surface area contributed by atoms with Gasteiger partial charge in [0.25, 0.3) is 6.71 Å². The maximum absolute atomic E-state index is 2.99. The van der Waals surface area contributed by atoms with Gasteiger partial charge in [-0.3, -0.25) is 0 Å². The second-order valence-electron chi connectivity index (χ2n) is 33.5. The molecule has 0 unspecified atom stereocenters. The van der Waals surface area contributed by atoms with Crippen molar-refractivity contribution in [3.8, 4) is 44.5 Å². The van der Waals surface area contributed by atoms with Crippen LogP contribution in [0.4, 0.5) is 28.4 Å². The Hall–Kier alpha value is -12.8. The molecule has 536 valence electrons. The lowest BCUT2D eigenvalue weighted by Gasteiger charge is -2.58. The number of hydrogen-bond acceptors (Lipinski definition) is 3. The van der Waals surface area contributed by atoms with E-state index in [1.54, 1.807) is 0 Å². The van der Waals surface area contributed by atoms with Gasteiger partial charge in [-0.25, -0.2) is 0 Å². The number of piperidine rings is 2. The van der Waals surface area contributed by atoms with Crippen molar-refractivity contribution in [3.63, 3.8) is 0 Å². The number of rotatable bonds is 15. The molecule has 0 atom stereocenters. The largest absolute Gasteiger partial charge is 0.365 e. The molecule has 19 aromatic rings. The zero-order chi connectivity index (χ0) is 73.9. The number of anilines is 5. The van der Waals surface area contributed by atoms with E-state index < -0.39 is 0 Å². The van der Waals surface area contributed by atoms with Crippen molar-refractivity contribution in [2.75, 3.05) is 27.8 Å².